The molecule has 5 nitrogen and oxygen atoms in total. The Kier molecular flexibility index (Phi) is 3.33. The highest BCUT2D eigenvalue weighted by atomic mass is 31.2. The molecule has 0 fully saturated rings. The first-order chi connectivity index (χ1) is 3.98. The Hall–Kier alpha value is 0.0800. The molecule has 0 aliphatic carbocycles. The molecule has 2 unspecified atom stereocenters. The zero-order valence-corrected chi connectivity index (χ0v) is 6.25. The summed E-state index contributed by atoms with van der Waals surface area (Å²) in [6.07, 6.45) is 0. The smallest absolute Gasteiger partial charge is 0.326 e. The highest BCUT2D eigenvalue weighted by molar-refractivity contribution is 7.62. The van der Waals surface area contributed by atoms with Gasteiger partial charge in [-0.3, -0.25) is 9.13 Å². The Labute approximate surface area is 52.5 Å². The van der Waals surface area contributed by atoms with E-state index in [1.165, 1.54) is 0 Å². The van der Waals surface area contributed by atoms with Gasteiger partial charge < -0.3 is 9.79 Å². The van der Waals surface area contributed by atoms with E-state index in [4.69, 9.17) is 9.79 Å². The summed E-state index contributed by atoms with van der Waals surface area (Å²) in [5, 5.41) is 0. The van der Waals surface area contributed by atoms with E-state index >= 15 is 0 Å². The van der Waals surface area contributed by atoms with Gasteiger partial charge in [-0.1, -0.05) is 6.58 Å². The zero-order chi connectivity index (χ0) is 7.49. The Morgan fingerprint density at radius 3 is 2.33 bits per heavy atom. The van der Waals surface area contributed by atoms with Gasteiger partial charge in [-0.05, 0) is 0 Å². The lowest BCUT2D eigenvalue weighted by molar-refractivity contribution is 0.359. The second-order valence-corrected chi connectivity index (χ2v) is 3.86. The van der Waals surface area contributed by atoms with Crippen molar-refractivity contribution in [3.05, 3.63) is 12.4 Å². The summed E-state index contributed by atoms with van der Waals surface area (Å²) in [4.78, 5) is 16.3. The topological polar surface area (TPSA) is 83.8 Å². The first-order valence-corrected chi connectivity index (χ1v) is 4.77. The molecule has 2 N–H and O–H groups in total. The monoisotopic (exact) mass is 172 g/mol. The first-order valence-electron chi connectivity index (χ1n) is 1.86. The van der Waals surface area contributed by atoms with Gasteiger partial charge in [-0.2, -0.15) is 0 Å². The van der Waals surface area contributed by atoms with Crippen molar-refractivity contribution in [3.63, 3.8) is 0 Å². The maximum absolute atomic E-state index is 10.3. The third-order valence-corrected chi connectivity index (χ3v) is 2.57. The van der Waals surface area contributed by atoms with Crippen LogP contribution in [-0.4, -0.2) is 9.79 Å². The van der Waals surface area contributed by atoms with E-state index in [2.05, 4.69) is 10.9 Å². The highest BCUT2D eigenvalue weighted by Crippen LogP contribution is 2.50. The number of hydrogen-bond acceptors (Lipinski definition) is 3. The molecule has 0 radical (unpaired) electrons. The molecule has 0 aliphatic rings. The largest absolute Gasteiger partial charge is 0.358 e. The van der Waals surface area contributed by atoms with E-state index < -0.39 is 15.9 Å². The van der Waals surface area contributed by atoms with Crippen LogP contribution in [0.5, 0.6) is 0 Å². The average Bonchev–Trinajstić information content (AvgIpc) is 1.63. The predicted molar refractivity (Wildman–Crippen MR) is 32.3 cm³/mol. The van der Waals surface area contributed by atoms with Gasteiger partial charge in [0.25, 0.3) is 0 Å². The van der Waals surface area contributed by atoms with E-state index in [0.29, 0.717) is 5.82 Å². The molecule has 0 heterocycles. The van der Waals surface area contributed by atoms with E-state index in [9.17, 15) is 9.13 Å². The Morgan fingerprint density at radius 1 is 1.78 bits per heavy atom. The van der Waals surface area contributed by atoms with Crippen LogP contribution in [0.2, 0.25) is 0 Å². The molecule has 0 amide bonds. The summed E-state index contributed by atoms with van der Waals surface area (Å²) in [5.41, 5.74) is 0. The molecule has 0 aromatic heterocycles. The third-order valence-electron chi connectivity index (χ3n) is 0.440. The van der Waals surface area contributed by atoms with E-state index in [0.717, 1.165) is 0 Å². The molecule has 0 saturated carbocycles. The van der Waals surface area contributed by atoms with Gasteiger partial charge in [-0.25, -0.2) is 4.31 Å². The zero-order valence-electron chi connectivity index (χ0n) is 4.35. The third kappa shape index (κ3) is 4.58. The van der Waals surface area contributed by atoms with Crippen LogP contribution < -0.4 is 0 Å². The molecular formula is C2H6O5P2. The Balaban J connectivity index is 4.03. The predicted octanol–water partition coefficient (Wildman–Crippen LogP) is 0.714. The quantitative estimate of drug-likeness (QED) is 0.612. The minimum Gasteiger partial charge on any atom is -0.326 e. The van der Waals surface area contributed by atoms with Crippen LogP contribution in [0.4, 0.5) is 0 Å². The van der Waals surface area contributed by atoms with Gasteiger partial charge in [-0.15, -0.1) is 0 Å². The van der Waals surface area contributed by atoms with E-state index in [1.807, 2.05) is 0 Å². The average molecular weight is 172 g/mol. The van der Waals surface area contributed by atoms with Gasteiger partial charge in [0.1, 0.15) is 0 Å². The van der Waals surface area contributed by atoms with Crippen molar-refractivity contribution in [2.75, 3.05) is 0 Å². The van der Waals surface area contributed by atoms with Crippen molar-refractivity contribution in [1.29, 1.82) is 0 Å². The molecule has 0 spiro atoms. The van der Waals surface area contributed by atoms with Crippen LogP contribution >= 0.6 is 15.9 Å². The molecule has 0 bridgehead atoms. The second-order valence-electron chi connectivity index (χ2n) is 1.10. The highest BCUT2D eigenvalue weighted by Gasteiger charge is 2.15. The molecule has 2 atom stereocenters. The molecule has 0 saturated heterocycles. The summed E-state index contributed by atoms with van der Waals surface area (Å²) in [6.45, 7) is 2.91. The van der Waals surface area contributed by atoms with E-state index in [-0.39, 0.29) is 0 Å². The van der Waals surface area contributed by atoms with Gasteiger partial charge in [0.15, 0.2) is 0 Å². The fraction of sp³-hybridized carbons (Fsp3) is 0. The summed E-state index contributed by atoms with van der Waals surface area (Å²) in [6, 6.07) is 0. The summed E-state index contributed by atoms with van der Waals surface area (Å²) < 4.78 is 23.7. The maximum Gasteiger partial charge on any atom is 0.358 e. The van der Waals surface area contributed by atoms with E-state index in [1.54, 1.807) is 0 Å². The summed E-state index contributed by atoms with van der Waals surface area (Å²) >= 11 is 0. The van der Waals surface area contributed by atoms with Crippen molar-refractivity contribution in [2.24, 2.45) is 0 Å². The molecule has 9 heavy (non-hydrogen) atoms. The van der Waals surface area contributed by atoms with Crippen LogP contribution in [0.15, 0.2) is 12.4 Å². The minimum atomic E-state index is -3.98. The first kappa shape index (κ1) is 9.08. The molecule has 7 heteroatoms. The molecular weight excluding hydrogens is 166 g/mol. The summed E-state index contributed by atoms with van der Waals surface area (Å²) in [7, 11) is -7.32. The summed E-state index contributed by atoms with van der Waals surface area (Å²) in [5.74, 6) is 0.589. The van der Waals surface area contributed by atoms with Crippen LogP contribution in [-0.2, 0) is 13.4 Å². The van der Waals surface area contributed by atoms with Crippen molar-refractivity contribution in [3.8, 4) is 0 Å². The fourth-order valence-corrected chi connectivity index (χ4v) is 1.34. The van der Waals surface area contributed by atoms with Gasteiger partial charge >= 0.3 is 15.9 Å². The molecule has 0 rings (SSSR count). The standard InChI is InChI=1S/C2H6O5P2/c1-2-9(5,6)7-8(3)4/h2,8H,1H2,(H,3,4)(H,5,6). The Bertz CT molecular complexity index is 174. The van der Waals surface area contributed by atoms with Crippen molar-refractivity contribution >= 4 is 15.9 Å². The van der Waals surface area contributed by atoms with Crippen LogP contribution in [0.1, 0.15) is 0 Å². The lowest BCUT2D eigenvalue weighted by Gasteiger charge is -2.01. The van der Waals surface area contributed by atoms with Gasteiger partial charge in [0.2, 0.25) is 0 Å². The van der Waals surface area contributed by atoms with Crippen molar-refractivity contribution in [1.82, 2.24) is 0 Å². The minimum absolute atomic E-state index is 0.589. The SMILES string of the molecule is C=CP(=O)(O)O[PH](=O)O. The molecule has 54 valence electrons. The molecule has 0 aliphatic heterocycles. The van der Waals surface area contributed by atoms with Crippen LogP contribution in [0.25, 0.3) is 0 Å². The fourth-order valence-electron chi connectivity index (χ4n) is 0.149. The maximum atomic E-state index is 10.3. The molecule has 0 aromatic carbocycles. The Morgan fingerprint density at radius 2 is 2.22 bits per heavy atom. The number of rotatable bonds is 3. The van der Waals surface area contributed by atoms with Gasteiger partial charge in [0, 0.05) is 5.82 Å². The molecule has 0 aromatic rings. The van der Waals surface area contributed by atoms with Gasteiger partial charge in [0.05, 0.1) is 0 Å². The normalized spacial score (nSPS) is 20.2. The lowest BCUT2D eigenvalue weighted by atomic mass is 11.3. The van der Waals surface area contributed by atoms with Crippen LogP contribution in [0, 0.1) is 0 Å². The number of hydrogen-bond donors (Lipinski definition) is 2. The van der Waals surface area contributed by atoms with Crippen LogP contribution in [0.3, 0.4) is 0 Å². The second kappa shape index (κ2) is 3.30. The lowest BCUT2D eigenvalue weighted by Crippen LogP contribution is -1.73. The van der Waals surface area contributed by atoms with Crippen molar-refractivity contribution in [2.45, 2.75) is 0 Å². The van der Waals surface area contributed by atoms with Crippen molar-refractivity contribution < 1.29 is 23.2 Å².